The van der Waals surface area contributed by atoms with Crippen LogP contribution in [0.3, 0.4) is 0 Å². The minimum atomic E-state index is -0.825. The number of benzene rings is 1. The van der Waals surface area contributed by atoms with Gasteiger partial charge in [-0.2, -0.15) is 0 Å². The van der Waals surface area contributed by atoms with Crippen LogP contribution in [0.1, 0.15) is 33.3 Å². The van der Waals surface area contributed by atoms with Crippen LogP contribution in [0.25, 0.3) is 0 Å². The maximum atomic E-state index is 11.9. The van der Waals surface area contributed by atoms with Gasteiger partial charge in [0.15, 0.2) is 0 Å². The molecule has 2 N–H and O–H groups in total. The summed E-state index contributed by atoms with van der Waals surface area (Å²) in [6.45, 7) is 7.52. The van der Waals surface area contributed by atoms with Crippen molar-refractivity contribution >= 4 is 11.9 Å². The van der Waals surface area contributed by atoms with E-state index in [2.05, 4.69) is 0 Å². The van der Waals surface area contributed by atoms with E-state index in [1.54, 1.807) is 6.92 Å². The van der Waals surface area contributed by atoms with Gasteiger partial charge in [-0.3, -0.25) is 4.79 Å². The number of esters is 2. The molecule has 0 saturated carbocycles. The monoisotopic (exact) mass is 277 g/mol. The Hall–Kier alpha value is -1.68. The Bertz CT molecular complexity index is 462. The molecule has 0 bridgehead atoms. The van der Waals surface area contributed by atoms with Gasteiger partial charge in [-0.05, 0) is 17.4 Å². The molecule has 4 heteroatoms. The Morgan fingerprint density at radius 1 is 1.15 bits per heavy atom. The minimum absolute atomic E-state index is 0.249. The Morgan fingerprint density at radius 3 is 2.20 bits per heavy atom. The number of hydrogen-bond donors (Lipinski definition) is 1. The fourth-order valence-corrected chi connectivity index (χ4v) is 1.57. The Kier molecular flexibility index (Phi) is 5.45. The van der Waals surface area contributed by atoms with Crippen molar-refractivity contribution in [2.75, 3.05) is 0 Å². The second-order valence-electron chi connectivity index (χ2n) is 6.12. The van der Waals surface area contributed by atoms with Gasteiger partial charge < -0.3 is 10.5 Å². The van der Waals surface area contributed by atoms with E-state index in [1.165, 1.54) is 0 Å². The van der Waals surface area contributed by atoms with Crippen molar-refractivity contribution < 1.29 is 14.3 Å². The lowest BCUT2D eigenvalue weighted by molar-refractivity contribution is -0.165. The fourth-order valence-electron chi connectivity index (χ4n) is 1.57. The Morgan fingerprint density at radius 2 is 1.70 bits per heavy atom. The summed E-state index contributed by atoms with van der Waals surface area (Å²) in [6.07, 6.45) is 0.358. The Labute approximate surface area is 120 Å². The van der Waals surface area contributed by atoms with Gasteiger partial charge in [-0.1, -0.05) is 58.0 Å². The SMILES string of the molecule is CC(C(=O)OC(=O)[C@@H](N)Cc1ccccc1)C(C)(C)C. The average molecular weight is 277 g/mol. The van der Waals surface area contributed by atoms with E-state index in [1.807, 2.05) is 51.1 Å². The Balaban J connectivity index is 2.56. The van der Waals surface area contributed by atoms with Gasteiger partial charge in [0, 0.05) is 0 Å². The first-order valence-corrected chi connectivity index (χ1v) is 6.77. The van der Waals surface area contributed by atoms with Gasteiger partial charge in [0.05, 0.1) is 5.92 Å². The molecule has 0 fully saturated rings. The van der Waals surface area contributed by atoms with Crippen LogP contribution >= 0.6 is 0 Å². The van der Waals surface area contributed by atoms with E-state index in [0.717, 1.165) is 5.56 Å². The second-order valence-corrected chi connectivity index (χ2v) is 6.12. The molecular weight excluding hydrogens is 254 g/mol. The van der Waals surface area contributed by atoms with Gasteiger partial charge in [-0.25, -0.2) is 4.79 Å². The smallest absolute Gasteiger partial charge is 0.330 e. The fraction of sp³-hybridized carbons (Fsp3) is 0.500. The molecule has 0 saturated heterocycles. The van der Waals surface area contributed by atoms with E-state index in [9.17, 15) is 9.59 Å². The summed E-state index contributed by atoms with van der Waals surface area (Å²) in [5, 5.41) is 0. The number of hydrogen-bond acceptors (Lipinski definition) is 4. The van der Waals surface area contributed by atoms with Crippen molar-refractivity contribution in [3.63, 3.8) is 0 Å². The second kappa shape index (κ2) is 6.66. The van der Waals surface area contributed by atoms with E-state index >= 15 is 0 Å². The molecular formula is C16H23NO3. The average Bonchev–Trinajstić information content (AvgIpc) is 2.37. The van der Waals surface area contributed by atoms with E-state index in [0.29, 0.717) is 6.42 Å². The quantitative estimate of drug-likeness (QED) is 0.677. The highest BCUT2D eigenvalue weighted by Gasteiger charge is 2.30. The molecule has 1 aromatic carbocycles. The molecule has 0 aliphatic heterocycles. The molecule has 0 spiro atoms. The van der Waals surface area contributed by atoms with E-state index < -0.39 is 18.0 Å². The van der Waals surface area contributed by atoms with Crippen molar-refractivity contribution in [2.45, 2.75) is 40.2 Å². The molecule has 2 atom stereocenters. The number of nitrogens with two attached hydrogens (primary N) is 1. The highest BCUT2D eigenvalue weighted by molar-refractivity contribution is 5.89. The number of ether oxygens (including phenoxy) is 1. The zero-order valence-corrected chi connectivity index (χ0v) is 12.6. The number of carbonyl (C=O) groups excluding carboxylic acids is 2. The summed E-state index contributed by atoms with van der Waals surface area (Å²) in [5.74, 6) is -1.56. The van der Waals surface area contributed by atoms with Crippen LogP contribution in [-0.2, 0) is 20.7 Å². The molecule has 20 heavy (non-hydrogen) atoms. The van der Waals surface area contributed by atoms with Gasteiger partial charge in [0.2, 0.25) is 0 Å². The highest BCUT2D eigenvalue weighted by atomic mass is 16.6. The summed E-state index contributed by atoms with van der Waals surface area (Å²) in [6, 6.07) is 8.58. The molecule has 0 aliphatic rings. The van der Waals surface area contributed by atoms with Crippen LogP contribution in [0.2, 0.25) is 0 Å². The predicted molar refractivity (Wildman–Crippen MR) is 77.8 cm³/mol. The maximum Gasteiger partial charge on any atom is 0.330 e. The third kappa shape index (κ3) is 4.78. The molecule has 0 heterocycles. The lowest BCUT2D eigenvalue weighted by Crippen LogP contribution is -2.38. The van der Waals surface area contributed by atoms with Gasteiger partial charge in [-0.15, -0.1) is 0 Å². The van der Waals surface area contributed by atoms with E-state index in [4.69, 9.17) is 10.5 Å². The number of rotatable bonds is 4. The topological polar surface area (TPSA) is 69.4 Å². The van der Waals surface area contributed by atoms with Crippen LogP contribution in [0.15, 0.2) is 30.3 Å². The summed E-state index contributed by atoms with van der Waals surface area (Å²) >= 11 is 0. The first-order valence-electron chi connectivity index (χ1n) is 6.77. The summed E-state index contributed by atoms with van der Waals surface area (Å²) in [4.78, 5) is 23.7. The van der Waals surface area contributed by atoms with Gasteiger partial charge in [0.25, 0.3) is 0 Å². The third-order valence-corrected chi connectivity index (χ3v) is 3.45. The van der Waals surface area contributed by atoms with Crippen molar-refractivity contribution in [3.05, 3.63) is 35.9 Å². The summed E-state index contributed by atoms with van der Waals surface area (Å²) in [7, 11) is 0. The zero-order valence-electron chi connectivity index (χ0n) is 12.6. The van der Waals surface area contributed by atoms with Crippen molar-refractivity contribution in [1.29, 1.82) is 0 Å². The summed E-state index contributed by atoms with van der Waals surface area (Å²) in [5.41, 5.74) is 6.47. The molecule has 4 nitrogen and oxygen atoms in total. The number of carbonyl (C=O) groups is 2. The first kappa shape index (κ1) is 16.4. The van der Waals surface area contributed by atoms with Crippen LogP contribution in [0, 0.1) is 11.3 Å². The molecule has 0 radical (unpaired) electrons. The van der Waals surface area contributed by atoms with Crippen molar-refractivity contribution in [1.82, 2.24) is 0 Å². The molecule has 0 amide bonds. The lowest BCUT2D eigenvalue weighted by atomic mass is 9.82. The molecule has 0 aliphatic carbocycles. The van der Waals surface area contributed by atoms with E-state index in [-0.39, 0.29) is 11.3 Å². The molecule has 1 rings (SSSR count). The molecule has 110 valence electrons. The van der Waals surface area contributed by atoms with Gasteiger partial charge in [0.1, 0.15) is 6.04 Å². The third-order valence-electron chi connectivity index (χ3n) is 3.45. The van der Waals surface area contributed by atoms with Crippen LogP contribution in [0.5, 0.6) is 0 Å². The summed E-state index contributed by atoms with van der Waals surface area (Å²) < 4.78 is 4.87. The lowest BCUT2D eigenvalue weighted by Gasteiger charge is -2.25. The van der Waals surface area contributed by atoms with Crippen LogP contribution in [-0.4, -0.2) is 18.0 Å². The van der Waals surface area contributed by atoms with Crippen LogP contribution in [0.4, 0.5) is 0 Å². The van der Waals surface area contributed by atoms with Crippen molar-refractivity contribution in [2.24, 2.45) is 17.1 Å². The molecule has 0 aromatic heterocycles. The molecule has 1 aromatic rings. The zero-order chi connectivity index (χ0) is 15.3. The largest absolute Gasteiger partial charge is 0.392 e. The minimum Gasteiger partial charge on any atom is -0.392 e. The normalized spacial score (nSPS) is 14.4. The van der Waals surface area contributed by atoms with Crippen LogP contribution < -0.4 is 5.73 Å². The standard InChI is InChI=1S/C16H23NO3/c1-11(16(2,3)4)14(18)20-15(19)13(17)10-12-8-6-5-7-9-12/h5-9,11,13H,10,17H2,1-4H3/t11?,13-/m0/s1. The first-order chi connectivity index (χ1) is 9.21. The van der Waals surface area contributed by atoms with Gasteiger partial charge >= 0.3 is 11.9 Å². The maximum absolute atomic E-state index is 11.9. The predicted octanol–water partition coefficient (Wildman–Crippen LogP) is 2.31. The highest BCUT2D eigenvalue weighted by Crippen LogP contribution is 2.26. The van der Waals surface area contributed by atoms with Crippen molar-refractivity contribution in [3.8, 4) is 0 Å². The molecule has 1 unspecified atom stereocenters.